The number of carbonyl (C=O) groups is 2. The molecule has 2 aliphatic rings. The van der Waals surface area contributed by atoms with Crippen LogP contribution in [0.1, 0.15) is 13.8 Å². The monoisotopic (exact) mass is 196 g/mol. The van der Waals surface area contributed by atoms with Crippen molar-refractivity contribution in [3.63, 3.8) is 0 Å². The summed E-state index contributed by atoms with van der Waals surface area (Å²) in [4.78, 5) is 21.7. The second kappa shape index (κ2) is 2.59. The lowest BCUT2D eigenvalue weighted by atomic mass is 10.1. The average Bonchev–Trinajstić information content (AvgIpc) is 2.61. The molecular formula is C10H12O4. The molecule has 1 heterocycles. The summed E-state index contributed by atoms with van der Waals surface area (Å²) in [6.45, 7) is 4.13. The number of ether oxygens (including phenoxy) is 1. The van der Waals surface area contributed by atoms with Crippen molar-refractivity contribution in [2.24, 2.45) is 17.3 Å². The van der Waals surface area contributed by atoms with Gasteiger partial charge in [0.25, 0.3) is 0 Å². The predicted molar refractivity (Wildman–Crippen MR) is 47.4 cm³/mol. The van der Waals surface area contributed by atoms with E-state index in [-0.39, 0.29) is 23.2 Å². The molecule has 0 radical (unpaired) electrons. The number of carbonyl (C=O) groups excluding carboxylic acids is 1. The number of carboxylic acids is 1. The lowest BCUT2D eigenvalue weighted by molar-refractivity contribution is -0.147. The van der Waals surface area contributed by atoms with Crippen LogP contribution in [0.15, 0.2) is 11.6 Å². The maximum atomic E-state index is 10.8. The summed E-state index contributed by atoms with van der Waals surface area (Å²) in [5, 5.41) is 8.88. The summed E-state index contributed by atoms with van der Waals surface area (Å²) in [7, 11) is 0. The minimum absolute atomic E-state index is 0.0251. The van der Waals surface area contributed by atoms with Crippen LogP contribution in [0.2, 0.25) is 0 Å². The van der Waals surface area contributed by atoms with Crippen LogP contribution in [0, 0.1) is 17.3 Å². The molecule has 1 aliphatic carbocycles. The van der Waals surface area contributed by atoms with Gasteiger partial charge in [0.1, 0.15) is 6.61 Å². The van der Waals surface area contributed by atoms with Crippen LogP contribution in [0.4, 0.5) is 0 Å². The van der Waals surface area contributed by atoms with E-state index in [0.29, 0.717) is 12.2 Å². The Morgan fingerprint density at radius 1 is 1.64 bits per heavy atom. The topological polar surface area (TPSA) is 63.6 Å². The Balaban J connectivity index is 2.12. The fraction of sp³-hybridized carbons (Fsp3) is 0.600. The van der Waals surface area contributed by atoms with E-state index in [1.54, 1.807) is 6.08 Å². The van der Waals surface area contributed by atoms with Crippen LogP contribution < -0.4 is 0 Å². The standard InChI is InChI=1S/C10H12O4/c1-10(2)6(7(10)8(11)12)3-5-4-14-9(5)13/h3,6-7H,4H2,1-2H3,(H,11,12)/b5-3+. The summed E-state index contributed by atoms with van der Waals surface area (Å²) < 4.78 is 4.58. The third-order valence-corrected chi connectivity index (χ3v) is 3.18. The van der Waals surface area contributed by atoms with Gasteiger partial charge in [-0.25, -0.2) is 4.79 Å². The highest BCUT2D eigenvalue weighted by Crippen LogP contribution is 2.59. The van der Waals surface area contributed by atoms with Crippen molar-refractivity contribution in [3.8, 4) is 0 Å². The highest BCUT2D eigenvalue weighted by atomic mass is 16.6. The molecule has 76 valence electrons. The molecule has 2 fully saturated rings. The minimum Gasteiger partial charge on any atom is -0.481 e. The molecule has 0 aromatic heterocycles. The fourth-order valence-corrected chi connectivity index (χ4v) is 2.01. The average molecular weight is 196 g/mol. The third-order valence-electron chi connectivity index (χ3n) is 3.18. The molecule has 4 nitrogen and oxygen atoms in total. The number of carboxylic acid groups (broad SMARTS) is 1. The van der Waals surface area contributed by atoms with Gasteiger partial charge < -0.3 is 9.84 Å². The van der Waals surface area contributed by atoms with Gasteiger partial charge in [0.15, 0.2) is 0 Å². The molecule has 0 spiro atoms. The molecule has 2 atom stereocenters. The Morgan fingerprint density at radius 2 is 2.29 bits per heavy atom. The van der Waals surface area contributed by atoms with E-state index in [4.69, 9.17) is 5.11 Å². The van der Waals surface area contributed by atoms with E-state index >= 15 is 0 Å². The van der Waals surface area contributed by atoms with E-state index in [2.05, 4.69) is 4.74 Å². The normalized spacial score (nSPS) is 36.1. The summed E-state index contributed by atoms with van der Waals surface area (Å²) in [5.74, 6) is -1.48. The van der Waals surface area contributed by atoms with Gasteiger partial charge in [-0.2, -0.15) is 0 Å². The van der Waals surface area contributed by atoms with Gasteiger partial charge in [0.2, 0.25) is 0 Å². The number of hydrogen-bond acceptors (Lipinski definition) is 3. The van der Waals surface area contributed by atoms with Crippen molar-refractivity contribution in [3.05, 3.63) is 11.6 Å². The molecule has 2 unspecified atom stereocenters. The van der Waals surface area contributed by atoms with Gasteiger partial charge in [0.05, 0.1) is 11.5 Å². The van der Waals surface area contributed by atoms with E-state index in [1.807, 2.05) is 13.8 Å². The Morgan fingerprint density at radius 3 is 2.57 bits per heavy atom. The van der Waals surface area contributed by atoms with Crippen molar-refractivity contribution in [1.82, 2.24) is 0 Å². The van der Waals surface area contributed by atoms with Crippen LogP contribution in [-0.2, 0) is 14.3 Å². The van der Waals surface area contributed by atoms with E-state index in [1.165, 1.54) is 0 Å². The van der Waals surface area contributed by atoms with E-state index in [9.17, 15) is 9.59 Å². The lowest BCUT2D eigenvalue weighted by Crippen LogP contribution is -2.24. The molecule has 4 heteroatoms. The summed E-state index contributed by atoms with van der Waals surface area (Å²) in [5.41, 5.74) is 0.390. The van der Waals surface area contributed by atoms with Crippen LogP contribution in [-0.4, -0.2) is 23.7 Å². The van der Waals surface area contributed by atoms with Crippen molar-refractivity contribution in [1.29, 1.82) is 0 Å². The fourth-order valence-electron chi connectivity index (χ4n) is 2.01. The highest BCUT2D eigenvalue weighted by Gasteiger charge is 2.61. The van der Waals surface area contributed by atoms with Crippen LogP contribution >= 0.6 is 0 Å². The Bertz CT molecular complexity index is 340. The summed E-state index contributed by atoms with van der Waals surface area (Å²) in [6, 6.07) is 0. The SMILES string of the molecule is CC1(C)C(/C=C2\COC2=O)C1C(=O)O. The molecule has 1 aliphatic heterocycles. The van der Waals surface area contributed by atoms with E-state index in [0.717, 1.165) is 0 Å². The largest absolute Gasteiger partial charge is 0.481 e. The number of esters is 1. The van der Waals surface area contributed by atoms with Gasteiger partial charge in [0, 0.05) is 0 Å². The first kappa shape index (κ1) is 9.24. The zero-order valence-electron chi connectivity index (χ0n) is 8.11. The molecule has 14 heavy (non-hydrogen) atoms. The Labute approximate surface area is 81.6 Å². The number of allylic oxidation sites excluding steroid dienone is 1. The Hall–Kier alpha value is -1.32. The minimum atomic E-state index is -0.787. The second-order valence-corrected chi connectivity index (χ2v) is 4.43. The first-order chi connectivity index (χ1) is 6.44. The van der Waals surface area contributed by atoms with Crippen LogP contribution in [0.3, 0.4) is 0 Å². The molecule has 0 bridgehead atoms. The van der Waals surface area contributed by atoms with E-state index < -0.39 is 5.97 Å². The molecule has 1 saturated carbocycles. The number of aliphatic carboxylic acids is 1. The van der Waals surface area contributed by atoms with Gasteiger partial charge in [-0.15, -0.1) is 0 Å². The second-order valence-electron chi connectivity index (χ2n) is 4.43. The van der Waals surface area contributed by atoms with Crippen LogP contribution in [0.5, 0.6) is 0 Å². The molecule has 1 saturated heterocycles. The highest BCUT2D eigenvalue weighted by molar-refractivity contribution is 5.94. The Kier molecular flexibility index (Phi) is 1.71. The molecule has 0 aromatic rings. The van der Waals surface area contributed by atoms with Gasteiger partial charge in [-0.3, -0.25) is 4.79 Å². The number of hydrogen-bond donors (Lipinski definition) is 1. The molecule has 0 aromatic carbocycles. The summed E-state index contributed by atoms with van der Waals surface area (Å²) >= 11 is 0. The first-order valence-corrected chi connectivity index (χ1v) is 4.55. The van der Waals surface area contributed by atoms with Crippen molar-refractivity contribution < 1.29 is 19.4 Å². The van der Waals surface area contributed by atoms with Crippen molar-refractivity contribution in [2.75, 3.05) is 6.61 Å². The molecular weight excluding hydrogens is 184 g/mol. The quantitative estimate of drug-likeness (QED) is 0.524. The van der Waals surface area contributed by atoms with Gasteiger partial charge in [-0.1, -0.05) is 19.9 Å². The molecule has 0 amide bonds. The van der Waals surface area contributed by atoms with Crippen LogP contribution in [0.25, 0.3) is 0 Å². The molecule has 1 N–H and O–H groups in total. The van der Waals surface area contributed by atoms with Gasteiger partial charge in [-0.05, 0) is 11.3 Å². The van der Waals surface area contributed by atoms with Gasteiger partial charge >= 0.3 is 11.9 Å². The zero-order valence-corrected chi connectivity index (χ0v) is 8.11. The number of cyclic esters (lactones) is 1. The van der Waals surface area contributed by atoms with Crippen molar-refractivity contribution in [2.45, 2.75) is 13.8 Å². The third kappa shape index (κ3) is 1.14. The van der Waals surface area contributed by atoms with Crippen molar-refractivity contribution >= 4 is 11.9 Å². The smallest absolute Gasteiger partial charge is 0.337 e. The maximum absolute atomic E-state index is 10.8. The summed E-state index contributed by atoms with van der Waals surface area (Å²) in [6.07, 6.45) is 1.75. The molecule has 2 rings (SSSR count). The lowest BCUT2D eigenvalue weighted by Gasteiger charge is -2.16. The zero-order chi connectivity index (χ0) is 10.5. The first-order valence-electron chi connectivity index (χ1n) is 4.55. The maximum Gasteiger partial charge on any atom is 0.337 e. The number of rotatable bonds is 2. The predicted octanol–water partition coefficient (Wildman–Crippen LogP) is 0.826.